The third-order valence-corrected chi connectivity index (χ3v) is 9.84. The van der Waals surface area contributed by atoms with Crippen molar-refractivity contribution >= 4 is 24.5 Å². The molecule has 0 spiro atoms. The molecule has 0 N–H and O–H groups in total. The summed E-state index contributed by atoms with van der Waals surface area (Å²) < 4.78 is 32.7. The molecule has 0 aliphatic carbocycles. The van der Waals surface area contributed by atoms with Gasteiger partial charge in [0.15, 0.2) is 0 Å². The summed E-state index contributed by atoms with van der Waals surface area (Å²) in [6.45, 7) is 1.96. The van der Waals surface area contributed by atoms with Crippen LogP contribution in [0.25, 0.3) is 0 Å². The van der Waals surface area contributed by atoms with Gasteiger partial charge in [-0.3, -0.25) is 0 Å². The Balaban J connectivity index is 1.34. The van der Waals surface area contributed by atoms with E-state index in [1.807, 2.05) is 66.7 Å². The van der Waals surface area contributed by atoms with Crippen LogP contribution >= 0.6 is 0 Å². The molecule has 0 amide bonds. The van der Waals surface area contributed by atoms with E-state index in [0.717, 1.165) is 22.4 Å². The first-order valence-corrected chi connectivity index (χ1v) is 15.7. The van der Waals surface area contributed by atoms with Gasteiger partial charge in [0.1, 0.15) is 0 Å². The summed E-state index contributed by atoms with van der Waals surface area (Å²) in [6.07, 6.45) is -0.687. The molecule has 4 aromatic carbocycles. The van der Waals surface area contributed by atoms with Gasteiger partial charge in [0.25, 0.3) is 0 Å². The van der Waals surface area contributed by atoms with Crippen molar-refractivity contribution in [3.8, 4) is 5.75 Å². The molecule has 1 unspecified atom stereocenters. The van der Waals surface area contributed by atoms with Crippen molar-refractivity contribution in [3.63, 3.8) is 0 Å². The van der Waals surface area contributed by atoms with E-state index in [9.17, 15) is 0 Å². The predicted octanol–water partition coefficient (Wildman–Crippen LogP) is 5.14. The molecule has 5 rings (SSSR count). The minimum absolute atomic E-state index is 0.0568. The maximum atomic E-state index is 6.71. The second kappa shape index (κ2) is 14.6. The van der Waals surface area contributed by atoms with Gasteiger partial charge in [-0.1, -0.05) is 0 Å². The first-order valence-electron chi connectivity index (χ1n) is 13.2. The Morgan fingerprint density at radius 1 is 0.615 bits per heavy atom. The Morgan fingerprint density at radius 3 is 1.67 bits per heavy atom. The summed E-state index contributed by atoms with van der Waals surface area (Å²) >= 11 is -0.762. The van der Waals surface area contributed by atoms with Crippen LogP contribution in [-0.4, -0.2) is 57.1 Å². The third kappa shape index (κ3) is 8.16. The fourth-order valence-corrected chi connectivity index (χ4v) is 7.70. The van der Waals surface area contributed by atoms with Crippen LogP contribution in [0.2, 0.25) is 0 Å². The average molecular weight is 638 g/mol. The molecule has 1 aliphatic heterocycles. The molecule has 1 fully saturated rings. The third-order valence-electron chi connectivity index (χ3n) is 6.54. The second-order valence-electron chi connectivity index (χ2n) is 9.36. The first-order chi connectivity index (χ1) is 19.3. The standard InChI is InChI=1S/C33H34O5Te/c1-34-28-17-19-29(20-18-28)39-33-32(37-23-27-15-9-4-10-16-27)31(36-22-26-13-7-3-8-14-26)30(38-33)24-35-21-25-11-5-2-6-12-25/h2-20,30-33H,21-24H2,1H3/t30-,31-,32-,33?/m1/s1. The Bertz CT molecular complexity index is 1240. The van der Waals surface area contributed by atoms with Crippen molar-refractivity contribution in [2.24, 2.45) is 0 Å². The van der Waals surface area contributed by atoms with Gasteiger partial charge in [0.2, 0.25) is 0 Å². The fraction of sp³-hybridized carbons (Fsp3) is 0.273. The number of benzene rings is 4. The van der Waals surface area contributed by atoms with Crippen LogP contribution < -0.4 is 8.35 Å². The summed E-state index contributed by atoms with van der Waals surface area (Å²) in [5, 5.41) is 0. The molecule has 0 saturated carbocycles. The van der Waals surface area contributed by atoms with E-state index >= 15 is 0 Å². The molecule has 0 radical (unpaired) electrons. The molecule has 4 aromatic rings. The number of hydrogen-bond acceptors (Lipinski definition) is 5. The Morgan fingerprint density at radius 2 is 1.13 bits per heavy atom. The zero-order valence-corrected chi connectivity index (χ0v) is 24.4. The summed E-state index contributed by atoms with van der Waals surface area (Å²) in [5.41, 5.74) is 3.39. The first kappa shape index (κ1) is 27.9. The molecular formula is C33H34O5Te. The van der Waals surface area contributed by atoms with Gasteiger partial charge in [0, 0.05) is 0 Å². The SMILES string of the molecule is COc1ccc([Te]C2O[C@H](COCc3ccccc3)[C@@H](OCc3ccccc3)[C@H]2OCc2ccccc2)cc1. The molecule has 1 aliphatic rings. The van der Waals surface area contributed by atoms with Gasteiger partial charge >= 0.3 is 242 Å². The van der Waals surface area contributed by atoms with E-state index in [1.165, 1.54) is 3.61 Å². The van der Waals surface area contributed by atoms with Gasteiger partial charge in [-0.15, -0.1) is 0 Å². The van der Waals surface area contributed by atoms with Crippen LogP contribution in [-0.2, 0) is 38.8 Å². The van der Waals surface area contributed by atoms with Crippen molar-refractivity contribution in [1.82, 2.24) is 0 Å². The maximum absolute atomic E-state index is 6.71. The molecule has 1 heterocycles. The van der Waals surface area contributed by atoms with Crippen LogP contribution in [0.5, 0.6) is 5.75 Å². The molecule has 5 nitrogen and oxygen atoms in total. The molecule has 1 saturated heterocycles. The van der Waals surface area contributed by atoms with Crippen LogP contribution in [0.3, 0.4) is 0 Å². The number of rotatable bonds is 13. The van der Waals surface area contributed by atoms with E-state index in [2.05, 4.69) is 48.5 Å². The van der Waals surface area contributed by atoms with Gasteiger partial charge in [-0.2, -0.15) is 0 Å². The summed E-state index contributed by atoms with van der Waals surface area (Å²) in [6, 6.07) is 39.0. The van der Waals surface area contributed by atoms with Crippen molar-refractivity contribution in [2.45, 2.75) is 42.3 Å². The monoisotopic (exact) mass is 640 g/mol. The minimum atomic E-state index is -0.762. The summed E-state index contributed by atoms with van der Waals surface area (Å²) in [4.78, 5) is 0. The van der Waals surface area contributed by atoms with Crippen LogP contribution in [0.15, 0.2) is 115 Å². The van der Waals surface area contributed by atoms with Crippen LogP contribution in [0, 0.1) is 0 Å². The zero-order valence-electron chi connectivity index (χ0n) is 22.1. The van der Waals surface area contributed by atoms with E-state index in [4.69, 9.17) is 23.7 Å². The summed E-state index contributed by atoms with van der Waals surface area (Å²) in [7, 11) is 1.69. The van der Waals surface area contributed by atoms with Crippen LogP contribution in [0.4, 0.5) is 0 Å². The average Bonchev–Trinajstić information content (AvgIpc) is 3.32. The second-order valence-corrected chi connectivity index (χ2v) is 12.7. The quantitative estimate of drug-likeness (QED) is 0.190. The Labute approximate surface area is 241 Å². The predicted molar refractivity (Wildman–Crippen MR) is 153 cm³/mol. The number of ether oxygens (including phenoxy) is 5. The normalized spacial score (nSPS) is 20.6. The van der Waals surface area contributed by atoms with Crippen LogP contribution in [0.1, 0.15) is 16.7 Å². The van der Waals surface area contributed by atoms with E-state index in [-0.39, 0.29) is 22.5 Å². The zero-order chi connectivity index (χ0) is 26.7. The molecule has 39 heavy (non-hydrogen) atoms. The van der Waals surface area contributed by atoms with Gasteiger partial charge in [-0.25, -0.2) is 0 Å². The van der Waals surface area contributed by atoms with Crippen molar-refractivity contribution < 1.29 is 23.7 Å². The fourth-order valence-electron chi connectivity index (χ4n) is 4.49. The van der Waals surface area contributed by atoms with Gasteiger partial charge < -0.3 is 0 Å². The Kier molecular flexibility index (Phi) is 10.4. The Hall–Kier alpha value is -2.69. The van der Waals surface area contributed by atoms with Gasteiger partial charge in [0.05, 0.1) is 0 Å². The topological polar surface area (TPSA) is 46.2 Å². The van der Waals surface area contributed by atoms with E-state index in [0.29, 0.717) is 26.4 Å². The number of methoxy groups -OCH3 is 1. The van der Waals surface area contributed by atoms with Crippen molar-refractivity contribution in [2.75, 3.05) is 13.7 Å². The van der Waals surface area contributed by atoms with E-state index in [1.54, 1.807) is 7.11 Å². The van der Waals surface area contributed by atoms with E-state index < -0.39 is 20.9 Å². The van der Waals surface area contributed by atoms with Crippen molar-refractivity contribution in [1.29, 1.82) is 0 Å². The summed E-state index contributed by atoms with van der Waals surface area (Å²) in [5.74, 6) is 0.853. The molecular weight excluding hydrogens is 604 g/mol. The number of hydrogen-bond donors (Lipinski definition) is 0. The molecule has 6 heteroatoms. The van der Waals surface area contributed by atoms with Crippen molar-refractivity contribution in [3.05, 3.63) is 132 Å². The molecule has 4 atom stereocenters. The van der Waals surface area contributed by atoms with Gasteiger partial charge in [-0.05, 0) is 0 Å². The molecule has 202 valence electrons. The molecule has 0 bridgehead atoms. The molecule has 0 aromatic heterocycles.